The molecule has 3 rings (SSSR count). The van der Waals surface area contributed by atoms with Crippen LogP contribution in [0.3, 0.4) is 0 Å². The Kier molecular flexibility index (Phi) is 3.78. The summed E-state index contributed by atoms with van der Waals surface area (Å²) in [7, 11) is 0. The van der Waals surface area contributed by atoms with Crippen LogP contribution in [-0.2, 0) is 9.47 Å². The van der Waals surface area contributed by atoms with E-state index in [1.54, 1.807) is 12.1 Å². The first-order valence-corrected chi connectivity index (χ1v) is 7.30. The minimum Gasteiger partial charge on any atom is -0.490 e. The molecule has 2 unspecified atom stereocenters. The molecule has 104 valence electrons. The molecule has 0 aromatic heterocycles. The number of rotatable bonds is 2. The molecule has 0 saturated carbocycles. The van der Waals surface area contributed by atoms with E-state index in [1.165, 1.54) is 6.07 Å². The highest BCUT2D eigenvalue weighted by molar-refractivity contribution is 9.10. The SMILES string of the molecule is Fc1cc(OC2CCOC3(CCOC3)C2)ccc1Br. The average Bonchev–Trinajstić information content (AvgIpc) is 2.82. The Hall–Kier alpha value is -0.650. The van der Waals surface area contributed by atoms with E-state index in [0.717, 1.165) is 25.9 Å². The summed E-state index contributed by atoms with van der Waals surface area (Å²) >= 11 is 3.14. The van der Waals surface area contributed by atoms with Gasteiger partial charge in [-0.2, -0.15) is 0 Å². The standard InChI is InChI=1S/C14H16BrFO3/c15-12-2-1-10(7-13(12)16)19-11-3-5-18-14(8-11)4-6-17-9-14/h1-2,7,11H,3-6,8-9H2. The van der Waals surface area contributed by atoms with Gasteiger partial charge in [-0.3, -0.25) is 0 Å². The summed E-state index contributed by atoms with van der Waals surface area (Å²) in [6, 6.07) is 4.86. The summed E-state index contributed by atoms with van der Waals surface area (Å²) in [5, 5.41) is 0. The first kappa shape index (κ1) is 13.3. The lowest BCUT2D eigenvalue weighted by Crippen LogP contribution is -2.44. The van der Waals surface area contributed by atoms with Crippen molar-refractivity contribution in [1.29, 1.82) is 0 Å². The molecule has 2 heterocycles. The Morgan fingerprint density at radius 1 is 1.37 bits per heavy atom. The zero-order chi connectivity index (χ0) is 13.3. The van der Waals surface area contributed by atoms with E-state index in [0.29, 0.717) is 23.4 Å². The van der Waals surface area contributed by atoms with Crippen molar-refractivity contribution in [3.8, 4) is 5.75 Å². The number of halogens is 2. The fourth-order valence-corrected chi connectivity index (χ4v) is 2.94. The third kappa shape index (κ3) is 2.93. The number of hydrogen-bond donors (Lipinski definition) is 0. The maximum atomic E-state index is 13.5. The molecule has 0 aliphatic carbocycles. The Balaban J connectivity index is 1.67. The second kappa shape index (κ2) is 5.38. The summed E-state index contributed by atoms with van der Waals surface area (Å²) < 4.78 is 31.1. The topological polar surface area (TPSA) is 27.7 Å². The highest BCUT2D eigenvalue weighted by Crippen LogP contribution is 2.34. The summed E-state index contributed by atoms with van der Waals surface area (Å²) in [5.74, 6) is 0.269. The van der Waals surface area contributed by atoms with Gasteiger partial charge in [-0.05, 0) is 28.1 Å². The molecular formula is C14H16BrFO3. The molecule has 2 saturated heterocycles. The summed E-state index contributed by atoms with van der Waals surface area (Å²) in [6.45, 7) is 2.06. The molecular weight excluding hydrogens is 315 g/mol. The maximum absolute atomic E-state index is 13.5. The van der Waals surface area contributed by atoms with Crippen LogP contribution in [0.15, 0.2) is 22.7 Å². The molecule has 2 fully saturated rings. The molecule has 5 heteroatoms. The van der Waals surface area contributed by atoms with Gasteiger partial charge in [0.15, 0.2) is 0 Å². The van der Waals surface area contributed by atoms with Crippen molar-refractivity contribution >= 4 is 15.9 Å². The van der Waals surface area contributed by atoms with Gasteiger partial charge in [-0.25, -0.2) is 4.39 Å². The molecule has 19 heavy (non-hydrogen) atoms. The lowest BCUT2D eigenvalue weighted by molar-refractivity contribution is -0.112. The molecule has 0 amide bonds. The van der Waals surface area contributed by atoms with E-state index in [2.05, 4.69) is 15.9 Å². The van der Waals surface area contributed by atoms with E-state index in [4.69, 9.17) is 14.2 Å². The molecule has 1 aromatic rings. The molecule has 0 N–H and O–H groups in total. The third-order valence-electron chi connectivity index (χ3n) is 3.71. The van der Waals surface area contributed by atoms with Crippen LogP contribution in [0.2, 0.25) is 0 Å². The van der Waals surface area contributed by atoms with Crippen LogP contribution in [0.4, 0.5) is 4.39 Å². The van der Waals surface area contributed by atoms with Crippen LogP contribution in [0.1, 0.15) is 19.3 Å². The van der Waals surface area contributed by atoms with Crippen LogP contribution in [0.5, 0.6) is 5.75 Å². The maximum Gasteiger partial charge on any atom is 0.141 e. The molecule has 0 radical (unpaired) electrons. The zero-order valence-corrected chi connectivity index (χ0v) is 12.1. The van der Waals surface area contributed by atoms with E-state index >= 15 is 0 Å². The summed E-state index contributed by atoms with van der Waals surface area (Å²) in [6.07, 6.45) is 2.63. The van der Waals surface area contributed by atoms with E-state index in [9.17, 15) is 4.39 Å². The van der Waals surface area contributed by atoms with Crippen molar-refractivity contribution < 1.29 is 18.6 Å². The Labute approximate surface area is 120 Å². The predicted octanol–water partition coefficient (Wildman–Crippen LogP) is 3.31. The Morgan fingerprint density at radius 2 is 2.26 bits per heavy atom. The lowest BCUT2D eigenvalue weighted by atomic mass is 9.91. The van der Waals surface area contributed by atoms with Crippen molar-refractivity contribution in [2.45, 2.75) is 31.0 Å². The predicted molar refractivity (Wildman–Crippen MR) is 71.9 cm³/mol. The number of hydrogen-bond acceptors (Lipinski definition) is 3. The minimum atomic E-state index is -0.302. The smallest absolute Gasteiger partial charge is 0.141 e. The van der Waals surface area contributed by atoms with Gasteiger partial charge in [0, 0.05) is 31.9 Å². The lowest BCUT2D eigenvalue weighted by Gasteiger charge is -2.37. The van der Waals surface area contributed by atoms with Gasteiger partial charge in [-0.15, -0.1) is 0 Å². The van der Waals surface area contributed by atoms with Gasteiger partial charge < -0.3 is 14.2 Å². The van der Waals surface area contributed by atoms with Crippen LogP contribution in [-0.4, -0.2) is 31.5 Å². The molecule has 1 aromatic carbocycles. The normalized spacial score (nSPS) is 30.7. The molecule has 3 nitrogen and oxygen atoms in total. The van der Waals surface area contributed by atoms with Crippen molar-refractivity contribution in [1.82, 2.24) is 0 Å². The highest BCUT2D eigenvalue weighted by Gasteiger charge is 2.41. The van der Waals surface area contributed by atoms with Crippen molar-refractivity contribution in [2.75, 3.05) is 19.8 Å². The van der Waals surface area contributed by atoms with Gasteiger partial charge in [0.2, 0.25) is 0 Å². The molecule has 2 aliphatic rings. The van der Waals surface area contributed by atoms with E-state index < -0.39 is 0 Å². The van der Waals surface area contributed by atoms with Gasteiger partial charge in [0.05, 0.1) is 23.3 Å². The number of benzene rings is 1. The highest BCUT2D eigenvalue weighted by atomic mass is 79.9. The first-order valence-electron chi connectivity index (χ1n) is 6.50. The summed E-state index contributed by atoms with van der Waals surface area (Å²) in [5.41, 5.74) is -0.184. The summed E-state index contributed by atoms with van der Waals surface area (Å²) in [4.78, 5) is 0. The van der Waals surface area contributed by atoms with E-state index in [1.807, 2.05) is 0 Å². The van der Waals surface area contributed by atoms with Crippen molar-refractivity contribution in [3.05, 3.63) is 28.5 Å². The first-order chi connectivity index (χ1) is 9.17. The second-order valence-corrected chi connectivity index (χ2v) is 6.00. The molecule has 2 atom stereocenters. The second-order valence-electron chi connectivity index (χ2n) is 5.14. The zero-order valence-electron chi connectivity index (χ0n) is 10.5. The van der Waals surface area contributed by atoms with Gasteiger partial charge in [-0.1, -0.05) is 0 Å². The largest absolute Gasteiger partial charge is 0.490 e. The fourth-order valence-electron chi connectivity index (χ4n) is 2.69. The van der Waals surface area contributed by atoms with Crippen LogP contribution in [0, 0.1) is 5.82 Å². The van der Waals surface area contributed by atoms with Gasteiger partial charge in [0.1, 0.15) is 17.7 Å². The Morgan fingerprint density at radius 3 is 3.00 bits per heavy atom. The molecule has 1 spiro atoms. The monoisotopic (exact) mass is 330 g/mol. The average molecular weight is 331 g/mol. The van der Waals surface area contributed by atoms with Crippen LogP contribution < -0.4 is 4.74 Å². The Bertz CT molecular complexity index is 460. The van der Waals surface area contributed by atoms with Gasteiger partial charge >= 0.3 is 0 Å². The van der Waals surface area contributed by atoms with E-state index in [-0.39, 0.29) is 17.5 Å². The fraction of sp³-hybridized carbons (Fsp3) is 0.571. The minimum absolute atomic E-state index is 0.0658. The van der Waals surface area contributed by atoms with Crippen molar-refractivity contribution in [3.63, 3.8) is 0 Å². The number of ether oxygens (including phenoxy) is 3. The van der Waals surface area contributed by atoms with Crippen LogP contribution in [0.25, 0.3) is 0 Å². The van der Waals surface area contributed by atoms with Gasteiger partial charge in [0.25, 0.3) is 0 Å². The van der Waals surface area contributed by atoms with Crippen molar-refractivity contribution in [2.24, 2.45) is 0 Å². The molecule has 2 aliphatic heterocycles. The quantitative estimate of drug-likeness (QED) is 0.832. The van der Waals surface area contributed by atoms with Crippen LogP contribution >= 0.6 is 15.9 Å². The molecule has 0 bridgehead atoms. The third-order valence-corrected chi connectivity index (χ3v) is 4.35.